The van der Waals surface area contributed by atoms with Gasteiger partial charge in [0.15, 0.2) is 0 Å². The monoisotopic (exact) mass is 261 g/mol. The van der Waals surface area contributed by atoms with Crippen LogP contribution in [0.1, 0.15) is 58.6 Å². The average Bonchev–Trinajstić information content (AvgIpc) is 2.34. The van der Waals surface area contributed by atoms with Crippen LogP contribution in [0.5, 0.6) is 5.75 Å². The summed E-state index contributed by atoms with van der Waals surface area (Å²) in [6.07, 6.45) is 4.37. The minimum atomic E-state index is 0.236. The van der Waals surface area contributed by atoms with Gasteiger partial charge in [0.2, 0.25) is 0 Å². The first-order chi connectivity index (χ1) is 8.98. The third kappa shape index (κ3) is 3.97. The minimum absolute atomic E-state index is 0.236. The van der Waals surface area contributed by atoms with Crippen molar-refractivity contribution in [3.8, 4) is 5.75 Å². The average molecular weight is 261 g/mol. The minimum Gasteiger partial charge on any atom is -0.491 e. The van der Waals surface area contributed by atoms with Crippen LogP contribution < -0.4 is 10.1 Å². The summed E-state index contributed by atoms with van der Waals surface area (Å²) in [6.45, 7) is 9.85. The van der Waals surface area contributed by atoms with Crippen molar-refractivity contribution >= 4 is 0 Å². The summed E-state index contributed by atoms with van der Waals surface area (Å²) in [4.78, 5) is 0. The maximum atomic E-state index is 5.67. The van der Waals surface area contributed by atoms with Crippen LogP contribution in [0.2, 0.25) is 0 Å². The Balaban J connectivity index is 1.86. The summed E-state index contributed by atoms with van der Waals surface area (Å²) < 4.78 is 5.67. The molecule has 1 aromatic rings. The van der Waals surface area contributed by atoms with E-state index < -0.39 is 0 Å². The molecule has 0 bridgehead atoms. The van der Waals surface area contributed by atoms with Gasteiger partial charge in [0.05, 0.1) is 6.10 Å². The number of benzene rings is 1. The van der Waals surface area contributed by atoms with Crippen LogP contribution in [0, 0.1) is 5.41 Å². The van der Waals surface area contributed by atoms with Crippen molar-refractivity contribution in [2.75, 3.05) is 6.54 Å². The van der Waals surface area contributed by atoms with Crippen molar-refractivity contribution in [3.05, 3.63) is 29.8 Å². The van der Waals surface area contributed by atoms with Crippen LogP contribution in [0.3, 0.4) is 0 Å². The molecule has 0 saturated heterocycles. The second-order valence-electron chi connectivity index (χ2n) is 6.50. The maximum Gasteiger partial charge on any atom is 0.119 e. The lowest BCUT2D eigenvalue weighted by Gasteiger charge is -2.39. The molecule has 0 heterocycles. The lowest BCUT2D eigenvalue weighted by molar-refractivity contribution is 0.152. The molecule has 2 nitrogen and oxygen atoms in total. The molecule has 1 fully saturated rings. The zero-order chi connectivity index (χ0) is 13.9. The SMILES string of the molecule is CC(C)Oc1ccc(C(C)NCC2(C)CCC2)cc1. The lowest BCUT2D eigenvalue weighted by Crippen LogP contribution is -2.38. The summed E-state index contributed by atoms with van der Waals surface area (Å²) in [5, 5.41) is 3.66. The molecule has 106 valence electrons. The van der Waals surface area contributed by atoms with E-state index in [1.165, 1.54) is 24.8 Å². The Bertz CT molecular complexity index is 392. The van der Waals surface area contributed by atoms with Crippen LogP contribution in [-0.2, 0) is 0 Å². The van der Waals surface area contributed by atoms with Crippen LogP contribution in [0.15, 0.2) is 24.3 Å². The number of rotatable bonds is 6. The van der Waals surface area contributed by atoms with E-state index in [1.54, 1.807) is 0 Å². The third-order valence-electron chi connectivity index (χ3n) is 4.15. The van der Waals surface area contributed by atoms with Gasteiger partial charge < -0.3 is 10.1 Å². The summed E-state index contributed by atoms with van der Waals surface area (Å²) >= 11 is 0. The predicted octanol–water partition coefficient (Wildman–Crippen LogP) is 4.31. The molecule has 0 amide bonds. The Hall–Kier alpha value is -1.02. The Morgan fingerprint density at radius 3 is 2.26 bits per heavy atom. The van der Waals surface area contributed by atoms with Gasteiger partial charge in [0.25, 0.3) is 0 Å². The molecule has 1 aromatic carbocycles. The molecule has 1 aliphatic carbocycles. The molecule has 0 aromatic heterocycles. The Kier molecular flexibility index (Phi) is 4.51. The predicted molar refractivity (Wildman–Crippen MR) is 80.6 cm³/mol. The molecule has 0 radical (unpaired) electrons. The summed E-state index contributed by atoms with van der Waals surface area (Å²) in [5.74, 6) is 0.955. The van der Waals surface area contributed by atoms with Gasteiger partial charge in [0.1, 0.15) is 5.75 Å². The molecule has 2 rings (SSSR count). The highest BCUT2D eigenvalue weighted by Gasteiger charge is 2.31. The first kappa shape index (κ1) is 14.4. The van der Waals surface area contributed by atoms with Crippen molar-refractivity contribution < 1.29 is 4.74 Å². The molecule has 1 saturated carbocycles. The first-order valence-electron chi connectivity index (χ1n) is 7.48. The summed E-state index contributed by atoms with van der Waals surface area (Å²) in [7, 11) is 0. The quantitative estimate of drug-likeness (QED) is 0.823. The molecule has 19 heavy (non-hydrogen) atoms. The fraction of sp³-hybridized carbons (Fsp3) is 0.647. The Morgan fingerprint density at radius 2 is 1.79 bits per heavy atom. The molecule has 1 atom stereocenters. The highest BCUT2D eigenvalue weighted by molar-refractivity contribution is 5.29. The normalized spacial score (nSPS) is 19.0. The van der Waals surface area contributed by atoms with E-state index >= 15 is 0 Å². The van der Waals surface area contributed by atoms with Crippen molar-refractivity contribution in [1.29, 1.82) is 0 Å². The van der Waals surface area contributed by atoms with E-state index in [0.29, 0.717) is 11.5 Å². The zero-order valence-electron chi connectivity index (χ0n) is 12.7. The molecular weight excluding hydrogens is 234 g/mol. The first-order valence-corrected chi connectivity index (χ1v) is 7.48. The number of hydrogen-bond acceptors (Lipinski definition) is 2. The summed E-state index contributed by atoms with van der Waals surface area (Å²) in [5.41, 5.74) is 1.87. The molecule has 0 aliphatic heterocycles. The Morgan fingerprint density at radius 1 is 1.16 bits per heavy atom. The number of hydrogen-bond donors (Lipinski definition) is 1. The van der Waals surface area contributed by atoms with Crippen molar-refractivity contribution in [3.63, 3.8) is 0 Å². The van der Waals surface area contributed by atoms with Gasteiger partial charge in [-0.3, -0.25) is 0 Å². The van der Waals surface area contributed by atoms with Gasteiger partial charge >= 0.3 is 0 Å². The van der Waals surface area contributed by atoms with Gasteiger partial charge in [-0.1, -0.05) is 25.5 Å². The lowest BCUT2D eigenvalue weighted by atomic mass is 9.70. The molecular formula is C17H27NO. The molecule has 1 aliphatic rings. The van der Waals surface area contributed by atoms with Gasteiger partial charge in [-0.25, -0.2) is 0 Å². The van der Waals surface area contributed by atoms with Gasteiger partial charge in [-0.2, -0.15) is 0 Å². The van der Waals surface area contributed by atoms with E-state index in [2.05, 4.69) is 57.3 Å². The van der Waals surface area contributed by atoms with Crippen molar-refractivity contribution in [2.45, 2.75) is 59.1 Å². The molecule has 0 spiro atoms. The smallest absolute Gasteiger partial charge is 0.119 e. The third-order valence-corrected chi connectivity index (χ3v) is 4.15. The van der Waals surface area contributed by atoms with Gasteiger partial charge in [0, 0.05) is 12.6 Å². The highest BCUT2D eigenvalue weighted by Crippen LogP contribution is 2.39. The van der Waals surface area contributed by atoms with E-state index in [-0.39, 0.29) is 6.10 Å². The van der Waals surface area contributed by atoms with Crippen LogP contribution in [0.4, 0.5) is 0 Å². The topological polar surface area (TPSA) is 21.3 Å². The number of ether oxygens (including phenoxy) is 1. The molecule has 2 heteroatoms. The van der Waals surface area contributed by atoms with E-state index in [0.717, 1.165) is 12.3 Å². The summed E-state index contributed by atoms with van der Waals surface area (Å²) in [6, 6.07) is 8.87. The Labute approximate surface area is 117 Å². The molecule has 1 unspecified atom stereocenters. The number of nitrogens with one attached hydrogen (secondary N) is 1. The highest BCUT2D eigenvalue weighted by atomic mass is 16.5. The standard InChI is InChI=1S/C17H27NO/c1-13(2)19-16-8-6-15(7-9-16)14(3)18-12-17(4)10-5-11-17/h6-9,13-14,18H,5,10-12H2,1-4H3. The second-order valence-corrected chi connectivity index (χ2v) is 6.50. The van der Waals surface area contributed by atoms with Gasteiger partial charge in [-0.15, -0.1) is 0 Å². The van der Waals surface area contributed by atoms with E-state index in [1.807, 2.05) is 0 Å². The van der Waals surface area contributed by atoms with E-state index in [4.69, 9.17) is 4.74 Å². The maximum absolute atomic E-state index is 5.67. The fourth-order valence-corrected chi connectivity index (χ4v) is 2.58. The zero-order valence-corrected chi connectivity index (χ0v) is 12.7. The van der Waals surface area contributed by atoms with Crippen LogP contribution >= 0.6 is 0 Å². The van der Waals surface area contributed by atoms with Crippen LogP contribution in [0.25, 0.3) is 0 Å². The van der Waals surface area contributed by atoms with Crippen molar-refractivity contribution in [1.82, 2.24) is 5.32 Å². The van der Waals surface area contributed by atoms with E-state index in [9.17, 15) is 0 Å². The van der Waals surface area contributed by atoms with Crippen LogP contribution in [-0.4, -0.2) is 12.6 Å². The second kappa shape index (κ2) is 5.96. The molecule has 1 N–H and O–H groups in total. The largest absolute Gasteiger partial charge is 0.491 e. The van der Waals surface area contributed by atoms with Gasteiger partial charge in [-0.05, 0) is 56.7 Å². The fourth-order valence-electron chi connectivity index (χ4n) is 2.58. The van der Waals surface area contributed by atoms with Crippen molar-refractivity contribution in [2.24, 2.45) is 5.41 Å².